The van der Waals surface area contributed by atoms with Crippen LogP contribution >= 0.6 is 0 Å². The van der Waals surface area contributed by atoms with Gasteiger partial charge in [0.05, 0.1) is 35.2 Å². The van der Waals surface area contributed by atoms with Crippen molar-refractivity contribution in [2.75, 3.05) is 24.7 Å². The molecule has 1 saturated heterocycles. The molecule has 0 radical (unpaired) electrons. The van der Waals surface area contributed by atoms with Gasteiger partial charge in [0, 0.05) is 20.0 Å². The molecule has 1 aliphatic heterocycles. The molecule has 2 rings (SSSR count). The smallest absolute Gasteiger partial charge is 0.243 e. The van der Waals surface area contributed by atoms with Crippen molar-refractivity contribution in [2.45, 2.75) is 30.5 Å². The van der Waals surface area contributed by atoms with E-state index < -0.39 is 50.1 Å². The summed E-state index contributed by atoms with van der Waals surface area (Å²) in [4.78, 5) is 10.8. The van der Waals surface area contributed by atoms with Gasteiger partial charge in [-0.25, -0.2) is 16.8 Å². The van der Waals surface area contributed by atoms with Crippen LogP contribution in [0, 0.1) is 0 Å². The predicted molar refractivity (Wildman–Crippen MR) is 93.4 cm³/mol. The number of nitrogens with zero attached hydrogens (tertiary/aromatic N) is 1. The summed E-state index contributed by atoms with van der Waals surface area (Å²) in [6.45, 7) is 0.776. The minimum Gasteiger partial charge on any atom is -0.395 e. The summed E-state index contributed by atoms with van der Waals surface area (Å²) in [7, 11) is -7.67. The highest BCUT2D eigenvalue weighted by Gasteiger charge is 2.44. The Bertz CT molecular complexity index is 850. The molecule has 9 nitrogen and oxygen atoms in total. The van der Waals surface area contributed by atoms with Crippen molar-refractivity contribution >= 4 is 25.8 Å². The Morgan fingerprint density at radius 2 is 1.88 bits per heavy atom. The number of amides is 1. The number of rotatable bonds is 7. The van der Waals surface area contributed by atoms with E-state index in [-0.39, 0.29) is 23.9 Å². The predicted octanol–water partition coefficient (Wildman–Crippen LogP) is -1.54. The van der Waals surface area contributed by atoms with Crippen molar-refractivity contribution in [2.24, 2.45) is 0 Å². The Kier molecular flexibility index (Phi) is 6.40. The van der Waals surface area contributed by atoms with Crippen molar-refractivity contribution in [3.05, 3.63) is 29.8 Å². The summed E-state index contributed by atoms with van der Waals surface area (Å²) in [6, 6.07) is 4.60. The van der Waals surface area contributed by atoms with Crippen LogP contribution in [0.25, 0.3) is 0 Å². The van der Waals surface area contributed by atoms with Crippen LogP contribution in [0.2, 0.25) is 0 Å². The SMILES string of the molecule is CC(=O)NCc1ccc(S(=O)(=O)N(CCO)[C@@H]2CS(=O)(=O)C[C@H]2O)cc1. The molecule has 3 N–H and O–H groups in total. The summed E-state index contributed by atoms with van der Waals surface area (Å²) in [5, 5.41) is 21.8. The maximum Gasteiger partial charge on any atom is 0.243 e. The zero-order valence-corrected chi connectivity index (χ0v) is 15.8. The summed E-state index contributed by atoms with van der Waals surface area (Å²) < 4.78 is 50.0. The van der Waals surface area contributed by atoms with Gasteiger partial charge in [0.2, 0.25) is 15.9 Å². The van der Waals surface area contributed by atoms with E-state index >= 15 is 0 Å². The zero-order chi connectivity index (χ0) is 19.5. The Morgan fingerprint density at radius 1 is 1.27 bits per heavy atom. The van der Waals surface area contributed by atoms with Crippen LogP contribution in [0.1, 0.15) is 12.5 Å². The number of hydrogen-bond acceptors (Lipinski definition) is 7. The van der Waals surface area contributed by atoms with Crippen molar-refractivity contribution in [3.8, 4) is 0 Å². The molecule has 1 fully saturated rings. The molecule has 0 saturated carbocycles. The lowest BCUT2D eigenvalue weighted by Crippen LogP contribution is -2.47. The molecule has 146 valence electrons. The van der Waals surface area contributed by atoms with Crippen molar-refractivity contribution in [1.29, 1.82) is 0 Å². The third-order valence-corrected chi connectivity index (χ3v) is 7.69. The van der Waals surface area contributed by atoms with Crippen LogP contribution in [0.4, 0.5) is 0 Å². The van der Waals surface area contributed by atoms with Gasteiger partial charge in [-0.05, 0) is 17.7 Å². The third kappa shape index (κ3) is 4.80. The summed E-state index contributed by atoms with van der Waals surface area (Å²) in [5.41, 5.74) is 0.691. The molecule has 26 heavy (non-hydrogen) atoms. The second-order valence-electron chi connectivity index (χ2n) is 6.10. The Balaban J connectivity index is 2.28. The lowest BCUT2D eigenvalue weighted by molar-refractivity contribution is -0.119. The first-order valence-electron chi connectivity index (χ1n) is 7.91. The minimum absolute atomic E-state index is 0.0889. The number of hydrogen-bond donors (Lipinski definition) is 3. The molecule has 1 aromatic carbocycles. The first-order chi connectivity index (χ1) is 12.1. The number of aliphatic hydroxyl groups is 2. The van der Waals surface area contributed by atoms with Gasteiger partial charge < -0.3 is 15.5 Å². The van der Waals surface area contributed by atoms with Crippen LogP contribution in [0.15, 0.2) is 29.2 Å². The monoisotopic (exact) mass is 406 g/mol. The van der Waals surface area contributed by atoms with E-state index in [2.05, 4.69) is 5.32 Å². The average Bonchev–Trinajstić information content (AvgIpc) is 2.83. The summed E-state index contributed by atoms with van der Waals surface area (Å²) >= 11 is 0. The van der Waals surface area contributed by atoms with Crippen LogP contribution in [0.5, 0.6) is 0 Å². The zero-order valence-electron chi connectivity index (χ0n) is 14.2. The number of sulfonamides is 1. The minimum atomic E-state index is -4.12. The lowest BCUT2D eigenvalue weighted by Gasteiger charge is -2.28. The molecule has 1 aromatic rings. The molecule has 0 aliphatic carbocycles. The van der Waals surface area contributed by atoms with Gasteiger partial charge in [0.25, 0.3) is 0 Å². The fourth-order valence-electron chi connectivity index (χ4n) is 2.79. The summed E-state index contributed by atoms with van der Waals surface area (Å²) in [5.74, 6) is -1.22. The van der Waals surface area contributed by atoms with E-state index in [1.807, 2.05) is 0 Å². The van der Waals surface area contributed by atoms with E-state index in [1.165, 1.54) is 31.2 Å². The van der Waals surface area contributed by atoms with Gasteiger partial charge in [0.1, 0.15) is 0 Å². The molecule has 0 spiro atoms. The molecule has 0 unspecified atom stereocenters. The summed E-state index contributed by atoms with van der Waals surface area (Å²) in [6.07, 6.45) is -1.35. The van der Waals surface area contributed by atoms with E-state index in [4.69, 9.17) is 0 Å². The fraction of sp³-hybridized carbons (Fsp3) is 0.533. The molecule has 2 atom stereocenters. The molecule has 1 heterocycles. The molecule has 0 aromatic heterocycles. The van der Waals surface area contributed by atoms with E-state index in [9.17, 15) is 31.8 Å². The van der Waals surface area contributed by atoms with Gasteiger partial charge in [0.15, 0.2) is 9.84 Å². The van der Waals surface area contributed by atoms with Gasteiger partial charge in [-0.15, -0.1) is 0 Å². The number of nitrogens with one attached hydrogen (secondary N) is 1. The van der Waals surface area contributed by atoms with Crippen LogP contribution in [-0.4, -0.2) is 74.1 Å². The van der Waals surface area contributed by atoms with Crippen LogP contribution < -0.4 is 5.32 Å². The standard InChI is InChI=1S/C15H22N2O7S2/c1-11(19)16-8-12-2-4-13(5-3-12)26(23,24)17(6-7-18)14-9-25(21,22)10-15(14)20/h2-5,14-15,18,20H,6-10H2,1H3,(H,16,19)/t14-,15-/m1/s1. The molecule has 0 bridgehead atoms. The Labute approximate surface area is 152 Å². The maximum atomic E-state index is 12.9. The number of carbonyl (C=O) groups is 1. The van der Waals surface area contributed by atoms with Crippen molar-refractivity contribution < 1.29 is 31.8 Å². The number of aliphatic hydroxyl groups excluding tert-OH is 2. The van der Waals surface area contributed by atoms with Crippen molar-refractivity contribution in [1.82, 2.24) is 9.62 Å². The molecule has 1 aliphatic rings. The normalized spacial score (nSPS) is 22.5. The second-order valence-corrected chi connectivity index (χ2v) is 10.1. The number of carbonyl (C=O) groups excluding carboxylic acids is 1. The maximum absolute atomic E-state index is 12.9. The highest BCUT2D eigenvalue weighted by Crippen LogP contribution is 2.25. The third-order valence-electron chi connectivity index (χ3n) is 4.06. The first-order valence-corrected chi connectivity index (χ1v) is 11.2. The van der Waals surface area contributed by atoms with E-state index in [0.29, 0.717) is 5.56 Å². The quantitative estimate of drug-likeness (QED) is 0.498. The largest absolute Gasteiger partial charge is 0.395 e. The van der Waals surface area contributed by atoms with Gasteiger partial charge >= 0.3 is 0 Å². The topological polar surface area (TPSA) is 141 Å². The highest BCUT2D eigenvalue weighted by molar-refractivity contribution is 7.92. The molecule has 1 amide bonds. The van der Waals surface area contributed by atoms with E-state index in [1.54, 1.807) is 0 Å². The van der Waals surface area contributed by atoms with Crippen LogP contribution in [0.3, 0.4) is 0 Å². The number of sulfone groups is 1. The molecular weight excluding hydrogens is 384 g/mol. The fourth-order valence-corrected chi connectivity index (χ4v) is 6.33. The Morgan fingerprint density at radius 3 is 2.35 bits per heavy atom. The molecular formula is C15H22N2O7S2. The number of benzene rings is 1. The Hall–Kier alpha value is -1.53. The van der Waals surface area contributed by atoms with Gasteiger partial charge in [-0.3, -0.25) is 4.79 Å². The average molecular weight is 406 g/mol. The second kappa shape index (κ2) is 8.01. The lowest BCUT2D eigenvalue weighted by atomic mass is 10.2. The van der Waals surface area contributed by atoms with Gasteiger partial charge in [-0.1, -0.05) is 12.1 Å². The van der Waals surface area contributed by atoms with Crippen LogP contribution in [-0.2, 0) is 31.2 Å². The highest BCUT2D eigenvalue weighted by atomic mass is 32.2. The van der Waals surface area contributed by atoms with E-state index in [0.717, 1.165) is 4.31 Å². The first kappa shape index (κ1) is 20.8. The van der Waals surface area contributed by atoms with Crippen molar-refractivity contribution in [3.63, 3.8) is 0 Å². The molecule has 11 heteroatoms. The van der Waals surface area contributed by atoms with Gasteiger partial charge in [-0.2, -0.15) is 4.31 Å².